The third-order valence-corrected chi connectivity index (χ3v) is 3.59. The van der Waals surface area contributed by atoms with Gasteiger partial charge in [-0.15, -0.1) is 0 Å². The number of allylic oxidation sites excluding steroid dienone is 2. The maximum atomic E-state index is 12.0. The van der Waals surface area contributed by atoms with E-state index in [9.17, 15) is 4.79 Å². The van der Waals surface area contributed by atoms with E-state index in [-0.39, 0.29) is 5.92 Å². The Balaban J connectivity index is 1.62. The first kappa shape index (κ1) is 8.48. The lowest BCUT2D eigenvalue weighted by molar-refractivity contribution is -0.139. The molecule has 4 aliphatic rings. The van der Waals surface area contributed by atoms with Gasteiger partial charge in [0.15, 0.2) is 0 Å². The molecule has 0 aromatic carbocycles. The Bertz CT molecular complexity index is 263. The monoisotopic (exact) mass is 192 g/mol. The van der Waals surface area contributed by atoms with Gasteiger partial charge in [-0.05, 0) is 19.3 Å². The Morgan fingerprint density at radius 3 is 2.36 bits per heavy atom. The highest BCUT2D eigenvalue weighted by molar-refractivity contribution is 5.80. The van der Waals surface area contributed by atoms with E-state index in [2.05, 4.69) is 22.4 Å². The smallest absolute Gasteiger partial charge is 0.226 e. The van der Waals surface area contributed by atoms with Crippen LogP contribution in [-0.4, -0.2) is 36.0 Å². The molecule has 1 aliphatic carbocycles. The van der Waals surface area contributed by atoms with Crippen LogP contribution in [-0.2, 0) is 4.79 Å². The molecular formula is C11H16N2O. The van der Waals surface area contributed by atoms with Crippen LogP contribution in [0, 0.1) is 5.92 Å². The molecule has 14 heavy (non-hydrogen) atoms. The summed E-state index contributed by atoms with van der Waals surface area (Å²) in [6.07, 6.45) is 7.44. The van der Waals surface area contributed by atoms with Crippen LogP contribution in [0.2, 0.25) is 0 Å². The molecule has 2 bridgehead atoms. The predicted molar refractivity (Wildman–Crippen MR) is 53.8 cm³/mol. The average molecular weight is 192 g/mol. The van der Waals surface area contributed by atoms with Gasteiger partial charge < -0.3 is 10.2 Å². The van der Waals surface area contributed by atoms with E-state index in [4.69, 9.17) is 0 Å². The molecule has 1 amide bonds. The molecular weight excluding hydrogens is 176 g/mol. The SMILES string of the molecule is O=C(C1CC=CC1)N1C[C@H]2C[C@@H](C1)N2. The van der Waals surface area contributed by atoms with E-state index in [1.807, 2.05) is 0 Å². The molecule has 3 heteroatoms. The van der Waals surface area contributed by atoms with E-state index in [1.54, 1.807) is 0 Å². The summed E-state index contributed by atoms with van der Waals surface area (Å²) in [6, 6.07) is 1.18. The van der Waals surface area contributed by atoms with Crippen LogP contribution < -0.4 is 5.32 Å². The van der Waals surface area contributed by atoms with Crippen molar-refractivity contribution >= 4 is 5.91 Å². The molecule has 1 N–H and O–H groups in total. The van der Waals surface area contributed by atoms with Crippen LogP contribution in [0.3, 0.4) is 0 Å². The molecule has 0 spiro atoms. The van der Waals surface area contributed by atoms with Crippen molar-refractivity contribution < 1.29 is 4.79 Å². The zero-order chi connectivity index (χ0) is 9.54. The molecule has 3 fully saturated rings. The lowest BCUT2D eigenvalue weighted by atomic mass is 9.90. The molecule has 2 atom stereocenters. The van der Waals surface area contributed by atoms with Crippen molar-refractivity contribution in [3.8, 4) is 0 Å². The molecule has 0 radical (unpaired) electrons. The third kappa shape index (κ3) is 1.27. The van der Waals surface area contributed by atoms with Gasteiger partial charge >= 0.3 is 0 Å². The number of rotatable bonds is 1. The van der Waals surface area contributed by atoms with Crippen molar-refractivity contribution in [3.05, 3.63) is 12.2 Å². The number of carbonyl (C=O) groups is 1. The lowest BCUT2D eigenvalue weighted by Crippen LogP contribution is -2.68. The molecule has 0 aromatic heterocycles. The van der Waals surface area contributed by atoms with Gasteiger partial charge in [-0.3, -0.25) is 4.79 Å². The highest BCUT2D eigenvalue weighted by Crippen LogP contribution is 2.26. The summed E-state index contributed by atoms with van der Waals surface area (Å²) in [4.78, 5) is 14.1. The fraction of sp³-hybridized carbons (Fsp3) is 0.727. The summed E-state index contributed by atoms with van der Waals surface area (Å²) >= 11 is 0. The molecule has 3 heterocycles. The van der Waals surface area contributed by atoms with Crippen LogP contribution >= 0.6 is 0 Å². The molecule has 3 aliphatic heterocycles. The molecule has 3 nitrogen and oxygen atoms in total. The number of piperazine rings is 1. The van der Waals surface area contributed by atoms with E-state index in [0.29, 0.717) is 18.0 Å². The molecule has 0 unspecified atom stereocenters. The molecule has 0 aromatic rings. The van der Waals surface area contributed by atoms with Gasteiger partial charge in [-0.25, -0.2) is 0 Å². The summed E-state index contributed by atoms with van der Waals surface area (Å²) in [7, 11) is 0. The van der Waals surface area contributed by atoms with Gasteiger partial charge in [-0.1, -0.05) is 12.2 Å². The minimum absolute atomic E-state index is 0.257. The first-order chi connectivity index (χ1) is 6.83. The summed E-state index contributed by atoms with van der Waals surface area (Å²) < 4.78 is 0. The third-order valence-electron chi connectivity index (χ3n) is 3.59. The number of nitrogens with one attached hydrogen (secondary N) is 1. The van der Waals surface area contributed by atoms with Crippen molar-refractivity contribution in [2.45, 2.75) is 31.3 Å². The van der Waals surface area contributed by atoms with Crippen LogP contribution in [0.25, 0.3) is 0 Å². The van der Waals surface area contributed by atoms with E-state index < -0.39 is 0 Å². The Morgan fingerprint density at radius 2 is 1.79 bits per heavy atom. The largest absolute Gasteiger partial charge is 0.339 e. The fourth-order valence-corrected chi connectivity index (χ4v) is 2.77. The minimum atomic E-state index is 0.257. The zero-order valence-electron chi connectivity index (χ0n) is 8.28. The van der Waals surface area contributed by atoms with Gasteiger partial charge in [-0.2, -0.15) is 0 Å². The highest BCUT2D eigenvalue weighted by atomic mass is 16.2. The van der Waals surface area contributed by atoms with Crippen molar-refractivity contribution in [3.63, 3.8) is 0 Å². The molecule has 76 valence electrons. The first-order valence-corrected chi connectivity index (χ1v) is 5.53. The maximum Gasteiger partial charge on any atom is 0.226 e. The van der Waals surface area contributed by atoms with Crippen LogP contribution in [0.4, 0.5) is 0 Å². The summed E-state index contributed by atoms with van der Waals surface area (Å²) in [5, 5.41) is 3.45. The number of piperidine rings is 1. The van der Waals surface area contributed by atoms with Crippen LogP contribution in [0.1, 0.15) is 19.3 Å². The van der Waals surface area contributed by atoms with Gasteiger partial charge in [0, 0.05) is 31.1 Å². The standard InChI is InChI=1S/C11H16N2O/c14-11(8-3-1-2-4-8)13-6-9-5-10(7-13)12-9/h1-2,8-10,12H,3-7H2/t9-,10+. The Morgan fingerprint density at radius 1 is 1.21 bits per heavy atom. The molecule has 3 saturated heterocycles. The topological polar surface area (TPSA) is 32.3 Å². The number of hydrogen-bond donors (Lipinski definition) is 1. The number of amides is 1. The number of hydrogen-bond acceptors (Lipinski definition) is 2. The van der Waals surface area contributed by atoms with Crippen molar-refractivity contribution in [2.75, 3.05) is 13.1 Å². The van der Waals surface area contributed by atoms with E-state index in [1.165, 1.54) is 6.42 Å². The summed E-state index contributed by atoms with van der Waals surface area (Å²) in [6.45, 7) is 1.87. The van der Waals surface area contributed by atoms with Crippen molar-refractivity contribution in [2.24, 2.45) is 5.92 Å². The number of carbonyl (C=O) groups excluding carboxylic acids is 1. The fourth-order valence-electron chi connectivity index (χ4n) is 2.77. The second kappa shape index (κ2) is 3.09. The number of fused-ring (bicyclic) bond motifs is 2. The Kier molecular flexibility index (Phi) is 1.87. The number of nitrogens with zero attached hydrogens (tertiary/aromatic N) is 1. The van der Waals surface area contributed by atoms with Crippen molar-refractivity contribution in [1.29, 1.82) is 0 Å². The Hall–Kier alpha value is -0.830. The normalized spacial score (nSPS) is 35.9. The molecule has 0 saturated carbocycles. The lowest BCUT2D eigenvalue weighted by Gasteiger charge is -2.48. The van der Waals surface area contributed by atoms with Crippen LogP contribution in [0.5, 0.6) is 0 Å². The maximum absolute atomic E-state index is 12.0. The van der Waals surface area contributed by atoms with E-state index in [0.717, 1.165) is 25.9 Å². The van der Waals surface area contributed by atoms with Gasteiger partial charge in [0.1, 0.15) is 0 Å². The van der Waals surface area contributed by atoms with Crippen molar-refractivity contribution in [1.82, 2.24) is 10.2 Å². The summed E-state index contributed by atoms with van der Waals surface area (Å²) in [5.74, 6) is 0.638. The second-order valence-corrected chi connectivity index (χ2v) is 4.68. The van der Waals surface area contributed by atoms with Crippen LogP contribution in [0.15, 0.2) is 12.2 Å². The molecule has 4 rings (SSSR count). The Labute approximate surface area is 84.2 Å². The van der Waals surface area contributed by atoms with Gasteiger partial charge in [0.05, 0.1) is 0 Å². The first-order valence-electron chi connectivity index (χ1n) is 5.53. The summed E-state index contributed by atoms with van der Waals surface area (Å²) in [5.41, 5.74) is 0. The van der Waals surface area contributed by atoms with E-state index >= 15 is 0 Å². The average Bonchev–Trinajstić information content (AvgIpc) is 2.68. The minimum Gasteiger partial charge on any atom is -0.339 e. The quantitative estimate of drug-likeness (QED) is 0.614. The highest BCUT2D eigenvalue weighted by Gasteiger charge is 2.39. The predicted octanol–water partition coefficient (Wildman–Crippen LogP) is 0.525. The van der Waals surface area contributed by atoms with Gasteiger partial charge in [0.25, 0.3) is 0 Å². The van der Waals surface area contributed by atoms with Gasteiger partial charge in [0.2, 0.25) is 5.91 Å². The second-order valence-electron chi connectivity index (χ2n) is 4.68. The zero-order valence-corrected chi connectivity index (χ0v) is 8.28.